The van der Waals surface area contributed by atoms with E-state index in [9.17, 15) is 8.42 Å². The van der Waals surface area contributed by atoms with Gasteiger partial charge in [0.2, 0.25) is 10.0 Å². The Hall–Kier alpha value is -1.98. The Morgan fingerprint density at radius 3 is 2.60 bits per heavy atom. The van der Waals surface area contributed by atoms with E-state index < -0.39 is 10.0 Å². The monoisotopic (exact) mass is 288 g/mol. The number of sulfonamides is 1. The van der Waals surface area contributed by atoms with Crippen LogP contribution in [0.1, 0.15) is 16.8 Å². The van der Waals surface area contributed by atoms with E-state index in [0.29, 0.717) is 0 Å². The minimum Gasteiger partial charge on any atom is -0.260 e. The van der Waals surface area contributed by atoms with Crippen molar-refractivity contribution in [3.8, 4) is 0 Å². The zero-order chi connectivity index (χ0) is 14.4. The number of nitrogens with zero attached hydrogens (tertiary/aromatic N) is 1. The summed E-state index contributed by atoms with van der Waals surface area (Å²) in [5.41, 5.74) is 2.53. The lowest BCUT2D eigenvalue weighted by Crippen LogP contribution is -2.21. The number of pyridine rings is 1. The summed E-state index contributed by atoms with van der Waals surface area (Å²) in [4.78, 5) is 4.15. The molecule has 20 heavy (non-hydrogen) atoms. The standard InChI is InChI=1S/C15H16N2O2S/c1-13-6-5-10-16-15(13)12-17-20(18,19)11-9-14-7-3-2-4-8-14/h2-11,17H,12H2,1H3/b11-9+. The summed E-state index contributed by atoms with van der Waals surface area (Å²) in [5, 5.41) is 1.17. The van der Waals surface area contributed by atoms with Crippen molar-refractivity contribution in [2.24, 2.45) is 0 Å². The molecule has 2 rings (SSSR count). The molecule has 0 aliphatic heterocycles. The lowest BCUT2D eigenvalue weighted by Gasteiger charge is -2.05. The summed E-state index contributed by atoms with van der Waals surface area (Å²) in [6.45, 7) is 2.09. The average molecular weight is 288 g/mol. The Labute approximate surface area is 119 Å². The molecule has 104 valence electrons. The molecule has 0 saturated heterocycles. The summed E-state index contributed by atoms with van der Waals surface area (Å²) in [7, 11) is -3.47. The number of benzene rings is 1. The van der Waals surface area contributed by atoms with Crippen molar-refractivity contribution in [2.45, 2.75) is 13.5 Å². The Morgan fingerprint density at radius 1 is 1.15 bits per heavy atom. The first-order chi connectivity index (χ1) is 9.57. The van der Waals surface area contributed by atoms with Gasteiger partial charge in [-0.1, -0.05) is 36.4 Å². The molecule has 0 aliphatic carbocycles. The highest BCUT2D eigenvalue weighted by Crippen LogP contribution is 2.05. The van der Waals surface area contributed by atoms with Gasteiger partial charge in [0.25, 0.3) is 0 Å². The maximum Gasteiger partial charge on any atom is 0.234 e. The van der Waals surface area contributed by atoms with Crippen molar-refractivity contribution in [3.63, 3.8) is 0 Å². The molecule has 1 N–H and O–H groups in total. The Bertz CT molecular complexity index is 695. The molecule has 0 unspecified atom stereocenters. The van der Waals surface area contributed by atoms with Gasteiger partial charge in [-0.2, -0.15) is 0 Å². The lowest BCUT2D eigenvalue weighted by atomic mass is 10.2. The summed E-state index contributed by atoms with van der Waals surface area (Å²) in [6.07, 6.45) is 3.21. The molecule has 1 aromatic heterocycles. The molecule has 0 radical (unpaired) electrons. The highest BCUT2D eigenvalue weighted by molar-refractivity contribution is 7.92. The fraction of sp³-hybridized carbons (Fsp3) is 0.133. The zero-order valence-electron chi connectivity index (χ0n) is 11.2. The number of nitrogens with one attached hydrogen (secondary N) is 1. The molecule has 1 aromatic carbocycles. The maximum atomic E-state index is 11.9. The normalized spacial score (nSPS) is 11.8. The predicted molar refractivity (Wildman–Crippen MR) is 80.2 cm³/mol. The van der Waals surface area contributed by atoms with Gasteiger partial charge in [-0.25, -0.2) is 13.1 Å². The van der Waals surface area contributed by atoms with Crippen LogP contribution < -0.4 is 4.72 Å². The minimum atomic E-state index is -3.47. The SMILES string of the molecule is Cc1cccnc1CNS(=O)(=O)/C=C/c1ccccc1. The highest BCUT2D eigenvalue weighted by atomic mass is 32.2. The first-order valence-corrected chi connectivity index (χ1v) is 7.75. The van der Waals surface area contributed by atoms with Gasteiger partial charge in [0.15, 0.2) is 0 Å². The summed E-state index contributed by atoms with van der Waals surface area (Å²) in [6, 6.07) is 13.0. The number of rotatable bonds is 5. The van der Waals surface area contributed by atoms with Crippen LogP contribution in [0.3, 0.4) is 0 Å². The third-order valence-corrected chi connectivity index (χ3v) is 3.84. The Balaban J connectivity index is 2.02. The summed E-state index contributed by atoms with van der Waals surface area (Å²) >= 11 is 0. The van der Waals surface area contributed by atoms with Crippen LogP contribution in [0.25, 0.3) is 6.08 Å². The third kappa shape index (κ3) is 4.29. The molecular weight excluding hydrogens is 272 g/mol. The second kappa shape index (κ2) is 6.45. The van der Waals surface area contributed by atoms with Crippen molar-refractivity contribution in [2.75, 3.05) is 0 Å². The van der Waals surface area contributed by atoms with E-state index in [4.69, 9.17) is 0 Å². The average Bonchev–Trinajstić information content (AvgIpc) is 2.46. The Morgan fingerprint density at radius 2 is 1.90 bits per heavy atom. The van der Waals surface area contributed by atoms with E-state index in [1.807, 2.05) is 49.4 Å². The van der Waals surface area contributed by atoms with E-state index in [2.05, 4.69) is 9.71 Å². The van der Waals surface area contributed by atoms with Crippen LogP contribution in [-0.2, 0) is 16.6 Å². The molecule has 0 aliphatic rings. The van der Waals surface area contributed by atoms with Crippen LogP contribution >= 0.6 is 0 Å². The van der Waals surface area contributed by atoms with Gasteiger partial charge < -0.3 is 0 Å². The highest BCUT2D eigenvalue weighted by Gasteiger charge is 2.06. The van der Waals surface area contributed by atoms with Crippen LogP contribution in [0.15, 0.2) is 54.1 Å². The summed E-state index contributed by atoms with van der Waals surface area (Å²) < 4.78 is 26.2. The second-order valence-corrected chi connectivity index (χ2v) is 6.00. The van der Waals surface area contributed by atoms with E-state index >= 15 is 0 Å². The fourth-order valence-electron chi connectivity index (χ4n) is 1.65. The van der Waals surface area contributed by atoms with Crippen LogP contribution in [0.5, 0.6) is 0 Å². The molecule has 1 heterocycles. The van der Waals surface area contributed by atoms with Crippen LogP contribution in [0, 0.1) is 6.92 Å². The quantitative estimate of drug-likeness (QED) is 0.919. The van der Waals surface area contributed by atoms with Crippen molar-refractivity contribution < 1.29 is 8.42 Å². The van der Waals surface area contributed by atoms with E-state index in [-0.39, 0.29) is 6.54 Å². The number of aromatic nitrogens is 1. The van der Waals surface area contributed by atoms with Gasteiger partial charge in [0.1, 0.15) is 0 Å². The lowest BCUT2D eigenvalue weighted by molar-refractivity contribution is 0.589. The molecule has 0 spiro atoms. The number of hydrogen-bond acceptors (Lipinski definition) is 3. The van der Waals surface area contributed by atoms with Gasteiger partial charge in [-0.3, -0.25) is 4.98 Å². The van der Waals surface area contributed by atoms with Crippen LogP contribution in [-0.4, -0.2) is 13.4 Å². The predicted octanol–water partition coefficient (Wildman–Crippen LogP) is 2.48. The van der Waals surface area contributed by atoms with E-state index in [0.717, 1.165) is 16.8 Å². The second-order valence-electron chi connectivity index (χ2n) is 4.35. The maximum absolute atomic E-state index is 11.9. The first-order valence-electron chi connectivity index (χ1n) is 6.20. The molecular formula is C15H16N2O2S. The molecule has 2 aromatic rings. The number of aryl methyl sites for hydroxylation is 1. The van der Waals surface area contributed by atoms with Gasteiger partial charge >= 0.3 is 0 Å². The minimum absolute atomic E-state index is 0.189. The molecule has 0 bridgehead atoms. The zero-order valence-corrected chi connectivity index (χ0v) is 12.0. The molecule has 0 fully saturated rings. The molecule has 4 nitrogen and oxygen atoms in total. The van der Waals surface area contributed by atoms with E-state index in [1.165, 1.54) is 5.41 Å². The van der Waals surface area contributed by atoms with Gasteiger partial charge in [-0.15, -0.1) is 0 Å². The first kappa shape index (κ1) is 14.4. The van der Waals surface area contributed by atoms with E-state index in [1.54, 1.807) is 12.3 Å². The van der Waals surface area contributed by atoms with Crippen LogP contribution in [0.2, 0.25) is 0 Å². The third-order valence-electron chi connectivity index (χ3n) is 2.80. The summed E-state index contributed by atoms with van der Waals surface area (Å²) in [5.74, 6) is 0. The molecule has 0 saturated carbocycles. The van der Waals surface area contributed by atoms with Crippen molar-refractivity contribution in [1.29, 1.82) is 0 Å². The van der Waals surface area contributed by atoms with Crippen molar-refractivity contribution >= 4 is 16.1 Å². The topological polar surface area (TPSA) is 59.1 Å². The number of hydrogen-bond donors (Lipinski definition) is 1. The van der Waals surface area contributed by atoms with Crippen molar-refractivity contribution in [3.05, 3.63) is 70.9 Å². The largest absolute Gasteiger partial charge is 0.260 e. The van der Waals surface area contributed by atoms with Gasteiger partial charge in [-0.05, 0) is 30.2 Å². The van der Waals surface area contributed by atoms with Gasteiger partial charge in [0.05, 0.1) is 12.2 Å². The fourth-order valence-corrected chi connectivity index (χ4v) is 2.42. The molecule has 0 atom stereocenters. The van der Waals surface area contributed by atoms with Gasteiger partial charge in [0, 0.05) is 11.6 Å². The molecule has 0 amide bonds. The van der Waals surface area contributed by atoms with Crippen LogP contribution in [0.4, 0.5) is 0 Å². The smallest absolute Gasteiger partial charge is 0.234 e. The van der Waals surface area contributed by atoms with Crippen molar-refractivity contribution in [1.82, 2.24) is 9.71 Å². The Kier molecular flexibility index (Phi) is 4.65. The molecule has 5 heteroatoms.